The molecule has 0 aliphatic carbocycles. The molecule has 0 spiro atoms. The summed E-state index contributed by atoms with van der Waals surface area (Å²) in [5.74, 6) is 0.343. The minimum absolute atomic E-state index is 0.159. The van der Waals surface area contributed by atoms with Crippen molar-refractivity contribution in [3.05, 3.63) is 30.1 Å². The minimum atomic E-state index is -0.159. The SMILES string of the molecule is NCCCN(CC1CCOC1)c1ccccc1F. The molecule has 1 saturated heterocycles. The molecule has 2 N–H and O–H groups in total. The van der Waals surface area contributed by atoms with Gasteiger partial charge in [0.05, 0.1) is 12.3 Å². The number of para-hydroxylation sites is 1. The highest BCUT2D eigenvalue weighted by Gasteiger charge is 2.20. The Bertz CT molecular complexity index is 367. The first-order valence-corrected chi connectivity index (χ1v) is 6.58. The Morgan fingerprint density at radius 2 is 2.22 bits per heavy atom. The highest BCUT2D eigenvalue weighted by Crippen LogP contribution is 2.22. The summed E-state index contributed by atoms with van der Waals surface area (Å²) in [7, 11) is 0. The van der Waals surface area contributed by atoms with Crippen LogP contribution in [0.15, 0.2) is 24.3 Å². The molecule has 18 heavy (non-hydrogen) atoms. The maximum absolute atomic E-state index is 13.8. The average Bonchev–Trinajstić information content (AvgIpc) is 2.88. The smallest absolute Gasteiger partial charge is 0.146 e. The van der Waals surface area contributed by atoms with Crippen molar-refractivity contribution < 1.29 is 9.13 Å². The van der Waals surface area contributed by atoms with Crippen LogP contribution in [0, 0.1) is 11.7 Å². The van der Waals surface area contributed by atoms with Crippen molar-refractivity contribution in [1.29, 1.82) is 0 Å². The Hall–Kier alpha value is -1.13. The number of halogens is 1. The number of rotatable bonds is 6. The minimum Gasteiger partial charge on any atom is -0.381 e. The number of nitrogens with zero attached hydrogens (tertiary/aromatic N) is 1. The topological polar surface area (TPSA) is 38.5 Å². The maximum atomic E-state index is 13.8. The van der Waals surface area contributed by atoms with Crippen molar-refractivity contribution in [2.45, 2.75) is 12.8 Å². The quantitative estimate of drug-likeness (QED) is 0.841. The summed E-state index contributed by atoms with van der Waals surface area (Å²) < 4.78 is 19.2. The van der Waals surface area contributed by atoms with E-state index in [0.29, 0.717) is 18.2 Å². The van der Waals surface area contributed by atoms with Crippen LogP contribution in [0.3, 0.4) is 0 Å². The highest BCUT2D eigenvalue weighted by atomic mass is 19.1. The molecular weight excluding hydrogens is 231 g/mol. The van der Waals surface area contributed by atoms with Crippen LogP contribution in [-0.2, 0) is 4.74 Å². The van der Waals surface area contributed by atoms with Crippen LogP contribution in [0.25, 0.3) is 0 Å². The number of benzene rings is 1. The van der Waals surface area contributed by atoms with E-state index in [2.05, 4.69) is 4.90 Å². The summed E-state index contributed by atoms with van der Waals surface area (Å²) in [6.07, 6.45) is 1.94. The van der Waals surface area contributed by atoms with E-state index in [1.807, 2.05) is 12.1 Å². The lowest BCUT2D eigenvalue weighted by Gasteiger charge is -2.27. The molecule has 0 amide bonds. The van der Waals surface area contributed by atoms with Crippen LogP contribution >= 0.6 is 0 Å². The van der Waals surface area contributed by atoms with Gasteiger partial charge in [0.25, 0.3) is 0 Å². The zero-order chi connectivity index (χ0) is 12.8. The molecule has 1 aliphatic heterocycles. The first-order chi connectivity index (χ1) is 8.81. The van der Waals surface area contributed by atoms with Gasteiger partial charge < -0.3 is 15.4 Å². The second kappa shape index (κ2) is 6.71. The van der Waals surface area contributed by atoms with Gasteiger partial charge in [-0.3, -0.25) is 0 Å². The second-order valence-corrected chi connectivity index (χ2v) is 4.77. The molecule has 0 radical (unpaired) electrons. The molecule has 1 unspecified atom stereocenters. The summed E-state index contributed by atoms with van der Waals surface area (Å²) in [6.45, 7) is 3.89. The lowest BCUT2D eigenvalue weighted by atomic mass is 10.1. The Labute approximate surface area is 108 Å². The fraction of sp³-hybridized carbons (Fsp3) is 0.571. The van der Waals surface area contributed by atoms with E-state index in [1.54, 1.807) is 6.07 Å². The van der Waals surface area contributed by atoms with E-state index >= 15 is 0 Å². The summed E-state index contributed by atoms with van der Waals surface area (Å²) in [5.41, 5.74) is 6.23. The Kier molecular flexibility index (Phi) is 4.96. The number of ether oxygens (including phenoxy) is 1. The largest absolute Gasteiger partial charge is 0.381 e. The van der Waals surface area contributed by atoms with E-state index in [0.717, 1.165) is 39.1 Å². The zero-order valence-electron chi connectivity index (χ0n) is 10.6. The predicted octanol–water partition coefficient (Wildman–Crippen LogP) is 2.02. The van der Waals surface area contributed by atoms with E-state index in [-0.39, 0.29) is 5.82 Å². The molecule has 0 bridgehead atoms. The molecular formula is C14H21FN2O. The van der Waals surface area contributed by atoms with E-state index in [9.17, 15) is 4.39 Å². The van der Waals surface area contributed by atoms with Crippen molar-refractivity contribution in [1.82, 2.24) is 0 Å². The van der Waals surface area contributed by atoms with Crippen LogP contribution in [0.2, 0.25) is 0 Å². The fourth-order valence-electron chi connectivity index (χ4n) is 2.34. The summed E-state index contributed by atoms with van der Waals surface area (Å²) in [5, 5.41) is 0. The third-order valence-corrected chi connectivity index (χ3v) is 3.33. The van der Waals surface area contributed by atoms with Gasteiger partial charge >= 0.3 is 0 Å². The van der Waals surface area contributed by atoms with E-state index in [1.165, 1.54) is 6.07 Å². The molecule has 2 rings (SSSR count). The Morgan fingerprint density at radius 3 is 2.89 bits per heavy atom. The first kappa shape index (κ1) is 13.3. The summed E-state index contributed by atoms with van der Waals surface area (Å²) in [4.78, 5) is 2.10. The Balaban J connectivity index is 2.06. The van der Waals surface area contributed by atoms with E-state index in [4.69, 9.17) is 10.5 Å². The normalized spacial score (nSPS) is 19.1. The molecule has 1 aromatic carbocycles. The number of anilines is 1. The first-order valence-electron chi connectivity index (χ1n) is 6.58. The third kappa shape index (κ3) is 3.43. The van der Waals surface area contributed by atoms with Crippen molar-refractivity contribution in [2.24, 2.45) is 11.7 Å². The molecule has 0 aromatic heterocycles. The van der Waals surface area contributed by atoms with Crippen molar-refractivity contribution >= 4 is 5.69 Å². The molecule has 1 aliphatic rings. The molecule has 1 aromatic rings. The molecule has 4 heteroatoms. The van der Waals surface area contributed by atoms with Gasteiger partial charge in [0.15, 0.2) is 0 Å². The summed E-state index contributed by atoms with van der Waals surface area (Å²) in [6, 6.07) is 6.94. The van der Waals surface area contributed by atoms with Gasteiger partial charge in [-0.15, -0.1) is 0 Å². The van der Waals surface area contributed by atoms with Crippen LogP contribution in [0.1, 0.15) is 12.8 Å². The van der Waals surface area contributed by atoms with Crippen molar-refractivity contribution in [3.8, 4) is 0 Å². The van der Waals surface area contributed by atoms with Gasteiger partial charge in [-0.05, 0) is 31.5 Å². The van der Waals surface area contributed by atoms with Crippen LogP contribution in [0.5, 0.6) is 0 Å². The third-order valence-electron chi connectivity index (χ3n) is 3.33. The van der Waals surface area contributed by atoms with Gasteiger partial charge in [-0.25, -0.2) is 4.39 Å². The fourth-order valence-corrected chi connectivity index (χ4v) is 2.34. The monoisotopic (exact) mass is 252 g/mol. The van der Waals surface area contributed by atoms with Gasteiger partial charge in [0.2, 0.25) is 0 Å². The molecule has 3 nitrogen and oxygen atoms in total. The molecule has 100 valence electrons. The average molecular weight is 252 g/mol. The Morgan fingerprint density at radius 1 is 1.39 bits per heavy atom. The zero-order valence-corrected chi connectivity index (χ0v) is 10.6. The number of hydrogen-bond acceptors (Lipinski definition) is 3. The van der Waals surface area contributed by atoms with Gasteiger partial charge in [-0.1, -0.05) is 12.1 Å². The van der Waals surface area contributed by atoms with E-state index < -0.39 is 0 Å². The molecule has 1 heterocycles. The number of hydrogen-bond donors (Lipinski definition) is 1. The van der Waals surface area contributed by atoms with Crippen LogP contribution in [-0.4, -0.2) is 32.8 Å². The lowest BCUT2D eigenvalue weighted by molar-refractivity contribution is 0.186. The number of nitrogens with two attached hydrogens (primary N) is 1. The molecule has 1 fully saturated rings. The predicted molar refractivity (Wildman–Crippen MR) is 71.2 cm³/mol. The lowest BCUT2D eigenvalue weighted by Crippen LogP contribution is -2.32. The van der Waals surface area contributed by atoms with Gasteiger partial charge in [-0.2, -0.15) is 0 Å². The highest BCUT2D eigenvalue weighted by molar-refractivity contribution is 5.47. The summed E-state index contributed by atoms with van der Waals surface area (Å²) >= 11 is 0. The van der Waals surface area contributed by atoms with Crippen LogP contribution in [0.4, 0.5) is 10.1 Å². The van der Waals surface area contributed by atoms with Gasteiger partial charge in [0, 0.05) is 25.6 Å². The van der Waals surface area contributed by atoms with Crippen LogP contribution < -0.4 is 10.6 Å². The second-order valence-electron chi connectivity index (χ2n) is 4.77. The van der Waals surface area contributed by atoms with Crippen molar-refractivity contribution in [3.63, 3.8) is 0 Å². The molecule has 1 atom stereocenters. The van der Waals surface area contributed by atoms with Gasteiger partial charge in [0.1, 0.15) is 5.82 Å². The maximum Gasteiger partial charge on any atom is 0.146 e. The standard InChI is InChI=1S/C14H21FN2O/c15-13-4-1-2-5-14(13)17(8-3-7-16)10-12-6-9-18-11-12/h1-2,4-5,12H,3,6-11,16H2. The molecule has 0 saturated carbocycles. The van der Waals surface area contributed by atoms with Crippen molar-refractivity contribution in [2.75, 3.05) is 37.7 Å².